The standard InChI is InChI=1S/C16H27NO5Si/c1-5-21-14(18)7-6-12-11-17-16(20)13(12)10-15(19)22-8-9-23(2,3)4/h5-11H2,1-4H3,(H,17,20). The molecule has 23 heavy (non-hydrogen) atoms. The number of amides is 1. The van der Waals surface area contributed by atoms with Crippen LogP contribution in [-0.2, 0) is 23.9 Å². The van der Waals surface area contributed by atoms with Gasteiger partial charge in [0.2, 0.25) is 5.91 Å². The van der Waals surface area contributed by atoms with Crippen LogP contribution in [0.5, 0.6) is 0 Å². The number of carbonyl (C=O) groups excluding carboxylic acids is 3. The Bertz CT molecular complexity index is 493. The lowest BCUT2D eigenvalue weighted by Gasteiger charge is -2.15. The van der Waals surface area contributed by atoms with E-state index in [1.807, 2.05) is 0 Å². The Balaban J connectivity index is 2.52. The summed E-state index contributed by atoms with van der Waals surface area (Å²) in [6, 6.07) is 0.902. The van der Waals surface area contributed by atoms with E-state index >= 15 is 0 Å². The molecule has 1 heterocycles. The van der Waals surface area contributed by atoms with E-state index in [0.29, 0.717) is 31.8 Å². The van der Waals surface area contributed by atoms with Crippen LogP contribution in [0, 0.1) is 0 Å². The highest BCUT2D eigenvalue weighted by Crippen LogP contribution is 2.20. The van der Waals surface area contributed by atoms with Crippen LogP contribution in [0.1, 0.15) is 26.2 Å². The number of hydrogen-bond acceptors (Lipinski definition) is 5. The SMILES string of the molecule is CCOC(=O)CCC1=C(CC(=O)OCC[Si](C)(C)C)C(=O)NC1. The van der Waals surface area contributed by atoms with Gasteiger partial charge in [-0.3, -0.25) is 14.4 Å². The van der Waals surface area contributed by atoms with E-state index in [2.05, 4.69) is 25.0 Å². The topological polar surface area (TPSA) is 81.7 Å². The Morgan fingerprint density at radius 3 is 2.48 bits per heavy atom. The monoisotopic (exact) mass is 341 g/mol. The lowest BCUT2D eigenvalue weighted by Crippen LogP contribution is -2.23. The predicted octanol–water partition coefficient (Wildman–Crippen LogP) is 2.03. The minimum absolute atomic E-state index is 0.0321. The molecule has 1 aliphatic rings. The van der Waals surface area contributed by atoms with Crippen LogP contribution in [0.25, 0.3) is 0 Å². The predicted molar refractivity (Wildman–Crippen MR) is 89.6 cm³/mol. The van der Waals surface area contributed by atoms with Crippen molar-refractivity contribution >= 4 is 25.9 Å². The van der Waals surface area contributed by atoms with Crippen molar-refractivity contribution in [1.82, 2.24) is 5.32 Å². The second-order valence-corrected chi connectivity index (χ2v) is 12.4. The van der Waals surface area contributed by atoms with Crippen molar-refractivity contribution in [3.8, 4) is 0 Å². The van der Waals surface area contributed by atoms with Gasteiger partial charge in [-0.2, -0.15) is 0 Å². The summed E-state index contributed by atoms with van der Waals surface area (Å²) in [5, 5.41) is 2.70. The van der Waals surface area contributed by atoms with Crippen molar-refractivity contribution in [3.05, 3.63) is 11.1 Å². The first kappa shape index (κ1) is 19.4. The van der Waals surface area contributed by atoms with E-state index in [0.717, 1.165) is 11.6 Å². The van der Waals surface area contributed by atoms with E-state index < -0.39 is 8.07 Å². The van der Waals surface area contributed by atoms with Gasteiger partial charge in [-0.15, -0.1) is 0 Å². The molecule has 0 aromatic heterocycles. The van der Waals surface area contributed by atoms with Gasteiger partial charge in [-0.1, -0.05) is 19.6 Å². The molecule has 1 rings (SSSR count). The van der Waals surface area contributed by atoms with Crippen molar-refractivity contribution in [2.75, 3.05) is 19.8 Å². The third kappa shape index (κ3) is 7.45. The summed E-state index contributed by atoms with van der Waals surface area (Å²) in [6.07, 6.45) is 0.608. The molecule has 1 aliphatic heterocycles. The molecule has 0 unspecified atom stereocenters. The molecule has 0 aliphatic carbocycles. The Morgan fingerprint density at radius 1 is 1.17 bits per heavy atom. The number of nitrogens with one attached hydrogen (secondary N) is 1. The highest BCUT2D eigenvalue weighted by atomic mass is 28.3. The Hall–Kier alpha value is -1.63. The summed E-state index contributed by atoms with van der Waals surface area (Å²) in [5.74, 6) is -0.925. The Morgan fingerprint density at radius 2 is 1.87 bits per heavy atom. The lowest BCUT2D eigenvalue weighted by atomic mass is 10.0. The zero-order valence-electron chi connectivity index (χ0n) is 14.5. The van der Waals surface area contributed by atoms with Crippen molar-refractivity contribution < 1.29 is 23.9 Å². The first-order chi connectivity index (χ1) is 10.7. The molecule has 0 aromatic carbocycles. The highest BCUT2D eigenvalue weighted by molar-refractivity contribution is 6.76. The maximum Gasteiger partial charge on any atom is 0.310 e. The second kappa shape index (κ2) is 8.86. The molecule has 6 nitrogen and oxygen atoms in total. The van der Waals surface area contributed by atoms with E-state index in [1.165, 1.54) is 0 Å². The molecule has 0 fully saturated rings. The second-order valence-electron chi connectivity index (χ2n) is 6.78. The van der Waals surface area contributed by atoms with Crippen molar-refractivity contribution in [3.63, 3.8) is 0 Å². The zero-order valence-corrected chi connectivity index (χ0v) is 15.5. The molecule has 0 spiro atoms. The molecule has 7 heteroatoms. The summed E-state index contributed by atoms with van der Waals surface area (Å²) >= 11 is 0. The van der Waals surface area contributed by atoms with Crippen LogP contribution < -0.4 is 5.32 Å². The molecule has 130 valence electrons. The number of ether oxygens (including phenoxy) is 2. The summed E-state index contributed by atoms with van der Waals surface area (Å²) in [5.41, 5.74) is 1.23. The van der Waals surface area contributed by atoms with Crippen molar-refractivity contribution in [2.24, 2.45) is 0 Å². The maximum atomic E-state index is 11.9. The van der Waals surface area contributed by atoms with Gasteiger partial charge in [0.1, 0.15) is 0 Å². The largest absolute Gasteiger partial charge is 0.466 e. The summed E-state index contributed by atoms with van der Waals surface area (Å²) < 4.78 is 10.1. The van der Waals surface area contributed by atoms with Crippen LogP contribution >= 0.6 is 0 Å². The van der Waals surface area contributed by atoms with Gasteiger partial charge >= 0.3 is 11.9 Å². The molecule has 0 saturated heterocycles. The third-order valence-corrected chi connectivity index (χ3v) is 5.24. The normalized spacial score (nSPS) is 14.7. The maximum absolute atomic E-state index is 11.9. The molecule has 0 bridgehead atoms. The first-order valence-corrected chi connectivity index (χ1v) is 11.7. The number of esters is 2. The van der Waals surface area contributed by atoms with Gasteiger partial charge in [0, 0.05) is 26.6 Å². The van der Waals surface area contributed by atoms with Gasteiger partial charge in [0.15, 0.2) is 0 Å². The molecule has 0 saturated carbocycles. The fourth-order valence-electron chi connectivity index (χ4n) is 2.16. The van der Waals surface area contributed by atoms with Crippen LogP contribution in [0.2, 0.25) is 25.7 Å². The third-order valence-electron chi connectivity index (χ3n) is 3.54. The molecular weight excluding hydrogens is 314 g/mol. The summed E-state index contributed by atoms with van der Waals surface area (Å²) in [7, 11) is -1.25. The van der Waals surface area contributed by atoms with E-state index in [-0.39, 0.29) is 30.7 Å². The highest BCUT2D eigenvalue weighted by Gasteiger charge is 2.25. The summed E-state index contributed by atoms with van der Waals surface area (Å²) in [4.78, 5) is 35.1. The molecule has 0 aromatic rings. The smallest absolute Gasteiger partial charge is 0.310 e. The lowest BCUT2D eigenvalue weighted by molar-refractivity contribution is -0.143. The van der Waals surface area contributed by atoms with Gasteiger partial charge in [0.25, 0.3) is 0 Å². The quantitative estimate of drug-likeness (QED) is 0.512. The first-order valence-electron chi connectivity index (χ1n) is 8.03. The van der Waals surface area contributed by atoms with E-state index in [4.69, 9.17) is 9.47 Å². The number of hydrogen-bond donors (Lipinski definition) is 1. The molecule has 0 atom stereocenters. The number of carbonyl (C=O) groups is 3. The fourth-order valence-corrected chi connectivity index (χ4v) is 2.87. The van der Waals surface area contributed by atoms with Crippen LogP contribution in [0.15, 0.2) is 11.1 Å². The minimum atomic E-state index is -1.25. The fraction of sp³-hybridized carbons (Fsp3) is 0.688. The van der Waals surface area contributed by atoms with E-state index in [9.17, 15) is 14.4 Å². The van der Waals surface area contributed by atoms with Crippen molar-refractivity contribution in [2.45, 2.75) is 51.9 Å². The summed E-state index contributed by atoms with van der Waals surface area (Å²) in [6.45, 7) is 9.51. The van der Waals surface area contributed by atoms with Gasteiger partial charge in [-0.25, -0.2) is 0 Å². The minimum Gasteiger partial charge on any atom is -0.466 e. The Kier molecular flexibility index (Phi) is 7.48. The van der Waals surface area contributed by atoms with Crippen LogP contribution in [0.4, 0.5) is 0 Å². The Labute approximate surface area is 138 Å². The van der Waals surface area contributed by atoms with Crippen LogP contribution in [-0.4, -0.2) is 45.7 Å². The molecule has 1 N–H and O–H groups in total. The zero-order chi connectivity index (χ0) is 17.5. The van der Waals surface area contributed by atoms with Gasteiger partial charge in [-0.05, 0) is 25.0 Å². The van der Waals surface area contributed by atoms with Crippen molar-refractivity contribution in [1.29, 1.82) is 0 Å². The van der Waals surface area contributed by atoms with E-state index in [1.54, 1.807) is 6.92 Å². The average molecular weight is 341 g/mol. The molecule has 1 amide bonds. The van der Waals surface area contributed by atoms with Gasteiger partial charge < -0.3 is 14.8 Å². The number of rotatable bonds is 9. The molecule has 0 radical (unpaired) electrons. The van der Waals surface area contributed by atoms with Crippen LogP contribution in [0.3, 0.4) is 0 Å². The van der Waals surface area contributed by atoms with Gasteiger partial charge in [0.05, 0.1) is 19.6 Å². The molecular formula is C16H27NO5Si. The average Bonchev–Trinajstić information content (AvgIpc) is 2.76.